The van der Waals surface area contributed by atoms with Crippen LogP contribution in [0.5, 0.6) is 5.75 Å². The molecule has 4 heteroatoms. The van der Waals surface area contributed by atoms with E-state index in [0.29, 0.717) is 0 Å². The van der Waals surface area contributed by atoms with Crippen LogP contribution in [0.15, 0.2) is 30.5 Å². The second-order valence-electron chi connectivity index (χ2n) is 4.27. The summed E-state index contributed by atoms with van der Waals surface area (Å²) in [5.41, 5.74) is 1.04. The molecule has 0 aliphatic heterocycles. The zero-order chi connectivity index (χ0) is 13.5. The molecule has 19 heavy (non-hydrogen) atoms. The van der Waals surface area contributed by atoms with Gasteiger partial charge in [0.2, 0.25) is 0 Å². The van der Waals surface area contributed by atoms with Crippen molar-refractivity contribution in [1.29, 1.82) is 0 Å². The third-order valence-electron chi connectivity index (χ3n) is 2.71. The number of nitrogens with one attached hydrogen (secondary N) is 1. The van der Waals surface area contributed by atoms with Crippen LogP contribution < -0.4 is 10.1 Å². The van der Waals surface area contributed by atoms with E-state index >= 15 is 0 Å². The van der Waals surface area contributed by atoms with Gasteiger partial charge in [0.25, 0.3) is 0 Å². The molecule has 0 spiro atoms. The molecular weight excluding hydrogens is 256 g/mol. The van der Waals surface area contributed by atoms with Gasteiger partial charge in [-0.25, -0.2) is 4.98 Å². The zero-order valence-electron chi connectivity index (χ0n) is 11.5. The molecule has 0 saturated heterocycles. The Morgan fingerprint density at radius 1 is 1.26 bits per heavy atom. The number of anilines is 1. The van der Waals surface area contributed by atoms with Gasteiger partial charge in [0, 0.05) is 11.1 Å². The van der Waals surface area contributed by atoms with E-state index in [-0.39, 0.29) is 0 Å². The Bertz CT molecular complexity index is 510. The fraction of sp³-hybridized carbons (Fsp3) is 0.400. The Morgan fingerprint density at radius 2 is 2.11 bits per heavy atom. The molecule has 0 amide bonds. The lowest BCUT2D eigenvalue weighted by molar-refractivity contribution is 0.319. The summed E-state index contributed by atoms with van der Waals surface area (Å²) < 4.78 is 5.73. The predicted molar refractivity (Wildman–Crippen MR) is 81.0 cm³/mol. The van der Waals surface area contributed by atoms with Gasteiger partial charge >= 0.3 is 0 Å². The summed E-state index contributed by atoms with van der Waals surface area (Å²) in [6.07, 6.45) is 3.97. The first-order chi connectivity index (χ1) is 9.33. The average Bonchev–Trinajstić information content (AvgIpc) is 2.91. The summed E-state index contributed by atoms with van der Waals surface area (Å²) in [6, 6.07) is 8.07. The van der Waals surface area contributed by atoms with Crippen LogP contribution in [-0.2, 0) is 13.0 Å². The van der Waals surface area contributed by atoms with Gasteiger partial charge in [-0.3, -0.25) is 0 Å². The lowest BCUT2D eigenvalue weighted by atomic mass is 10.3. The van der Waals surface area contributed by atoms with Crippen LogP contribution in [0, 0.1) is 0 Å². The monoisotopic (exact) mass is 276 g/mol. The lowest BCUT2D eigenvalue weighted by Gasteiger charge is -2.11. The highest BCUT2D eigenvalue weighted by atomic mass is 32.1. The van der Waals surface area contributed by atoms with Crippen LogP contribution in [0.25, 0.3) is 0 Å². The molecule has 0 bridgehead atoms. The van der Waals surface area contributed by atoms with E-state index in [0.717, 1.165) is 37.4 Å². The van der Waals surface area contributed by atoms with Crippen molar-refractivity contribution in [2.24, 2.45) is 0 Å². The number of para-hydroxylation sites is 2. The Labute approximate surface area is 118 Å². The van der Waals surface area contributed by atoms with E-state index < -0.39 is 0 Å². The SMILES string of the molecule is CCCOc1ccccc1NCc1cnc(CC)s1. The molecular formula is C15H20N2OS. The predicted octanol–water partition coefficient (Wildman–Crippen LogP) is 4.11. The Balaban J connectivity index is 1.98. The molecule has 3 nitrogen and oxygen atoms in total. The highest BCUT2D eigenvalue weighted by molar-refractivity contribution is 7.11. The molecule has 1 aromatic heterocycles. The Morgan fingerprint density at radius 3 is 2.84 bits per heavy atom. The number of rotatable bonds is 7. The van der Waals surface area contributed by atoms with Gasteiger partial charge in [0.1, 0.15) is 5.75 Å². The second kappa shape index (κ2) is 7.14. The molecule has 2 rings (SSSR count). The smallest absolute Gasteiger partial charge is 0.142 e. The van der Waals surface area contributed by atoms with Crippen LogP contribution in [-0.4, -0.2) is 11.6 Å². The van der Waals surface area contributed by atoms with Crippen LogP contribution in [0.2, 0.25) is 0 Å². The van der Waals surface area contributed by atoms with Gasteiger partial charge in [-0.2, -0.15) is 0 Å². The molecule has 1 aromatic carbocycles. The van der Waals surface area contributed by atoms with E-state index in [4.69, 9.17) is 4.74 Å². The summed E-state index contributed by atoms with van der Waals surface area (Å²) in [7, 11) is 0. The first kappa shape index (κ1) is 13.9. The minimum absolute atomic E-state index is 0.749. The van der Waals surface area contributed by atoms with Crippen molar-refractivity contribution in [2.75, 3.05) is 11.9 Å². The molecule has 0 aliphatic rings. The maximum atomic E-state index is 5.73. The second-order valence-corrected chi connectivity index (χ2v) is 5.47. The first-order valence-corrected chi connectivity index (χ1v) is 7.54. The van der Waals surface area contributed by atoms with Crippen LogP contribution >= 0.6 is 11.3 Å². The highest BCUT2D eigenvalue weighted by Crippen LogP contribution is 2.25. The topological polar surface area (TPSA) is 34.1 Å². The molecule has 102 valence electrons. The number of ether oxygens (including phenoxy) is 1. The molecule has 0 atom stereocenters. The molecule has 0 unspecified atom stereocenters. The van der Waals surface area contributed by atoms with Crippen LogP contribution in [0.1, 0.15) is 30.2 Å². The molecule has 0 radical (unpaired) electrons. The number of aryl methyl sites for hydroxylation is 1. The number of thiazole rings is 1. The third kappa shape index (κ3) is 3.96. The highest BCUT2D eigenvalue weighted by Gasteiger charge is 2.04. The van der Waals surface area contributed by atoms with Gasteiger partial charge in [0.05, 0.1) is 23.8 Å². The first-order valence-electron chi connectivity index (χ1n) is 6.72. The van der Waals surface area contributed by atoms with Crippen molar-refractivity contribution in [2.45, 2.75) is 33.2 Å². The van der Waals surface area contributed by atoms with E-state index in [2.05, 4.69) is 24.1 Å². The van der Waals surface area contributed by atoms with Crippen LogP contribution in [0.4, 0.5) is 5.69 Å². The van der Waals surface area contributed by atoms with E-state index in [1.807, 2.05) is 30.5 Å². The third-order valence-corrected chi connectivity index (χ3v) is 3.85. The fourth-order valence-electron chi connectivity index (χ4n) is 1.73. The van der Waals surface area contributed by atoms with Crippen molar-refractivity contribution in [1.82, 2.24) is 4.98 Å². The molecule has 2 aromatic rings. The normalized spacial score (nSPS) is 10.4. The van der Waals surface area contributed by atoms with Crippen molar-refractivity contribution in [3.63, 3.8) is 0 Å². The number of hydrogen-bond acceptors (Lipinski definition) is 4. The number of aromatic nitrogens is 1. The van der Waals surface area contributed by atoms with Crippen LogP contribution in [0.3, 0.4) is 0 Å². The van der Waals surface area contributed by atoms with Gasteiger partial charge in [0.15, 0.2) is 0 Å². The van der Waals surface area contributed by atoms with Gasteiger partial charge in [-0.05, 0) is 25.0 Å². The Kier molecular flexibility index (Phi) is 5.21. The van der Waals surface area contributed by atoms with Crippen molar-refractivity contribution in [3.8, 4) is 5.75 Å². The maximum absolute atomic E-state index is 5.73. The van der Waals surface area contributed by atoms with Crippen molar-refractivity contribution < 1.29 is 4.74 Å². The zero-order valence-corrected chi connectivity index (χ0v) is 12.3. The number of benzene rings is 1. The van der Waals surface area contributed by atoms with Crippen molar-refractivity contribution in [3.05, 3.63) is 40.3 Å². The van der Waals surface area contributed by atoms with Crippen molar-refractivity contribution >= 4 is 17.0 Å². The molecule has 1 N–H and O–H groups in total. The van der Waals surface area contributed by atoms with E-state index in [9.17, 15) is 0 Å². The quantitative estimate of drug-likeness (QED) is 0.826. The molecule has 0 fully saturated rings. The summed E-state index contributed by atoms with van der Waals surface area (Å²) in [4.78, 5) is 5.62. The summed E-state index contributed by atoms with van der Waals surface area (Å²) in [5.74, 6) is 0.921. The van der Waals surface area contributed by atoms with E-state index in [1.165, 1.54) is 9.88 Å². The van der Waals surface area contributed by atoms with Gasteiger partial charge in [-0.15, -0.1) is 11.3 Å². The lowest BCUT2D eigenvalue weighted by Crippen LogP contribution is -2.02. The van der Waals surface area contributed by atoms with Gasteiger partial charge < -0.3 is 10.1 Å². The molecule has 0 aliphatic carbocycles. The summed E-state index contributed by atoms with van der Waals surface area (Å²) in [6.45, 7) is 5.78. The number of hydrogen-bond donors (Lipinski definition) is 1. The number of nitrogens with zero attached hydrogens (tertiary/aromatic N) is 1. The molecule has 1 heterocycles. The Hall–Kier alpha value is -1.55. The molecule has 0 saturated carbocycles. The minimum atomic E-state index is 0.749. The summed E-state index contributed by atoms with van der Waals surface area (Å²) >= 11 is 1.76. The van der Waals surface area contributed by atoms with Gasteiger partial charge in [-0.1, -0.05) is 26.0 Å². The standard InChI is InChI=1S/C15H20N2OS/c1-3-9-18-14-8-6-5-7-13(14)16-10-12-11-17-15(4-2)19-12/h5-8,11,16H,3-4,9-10H2,1-2H3. The summed E-state index contributed by atoms with van der Waals surface area (Å²) in [5, 5.41) is 4.61. The maximum Gasteiger partial charge on any atom is 0.142 e. The average molecular weight is 276 g/mol. The fourth-order valence-corrected chi connectivity index (χ4v) is 2.53. The largest absolute Gasteiger partial charge is 0.491 e. The minimum Gasteiger partial charge on any atom is -0.491 e. The van der Waals surface area contributed by atoms with E-state index in [1.54, 1.807) is 11.3 Å².